The molecule has 1 aromatic heterocycles. The Bertz CT molecular complexity index is 603. The van der Waals surface area contributed by atoms with Gasteiger partial charge in [-0.3, -0.25) is 4.98 Å². The summed E-state index contributed by atoms with van der Waals surface area (Å²) in [6.45, 7) is 2.08. The Balaban J connectivity index is 2.21. The van der Waals surface area contributed by atoms with Crippen molar-refractivity contribution in [2.24, 2.45) is 0 Å². The number of halogens is 2. The number of rotatable bonds is 1. The van der Waals surface area contributed by atoms with Gasteiger partial charge in [0.1, 0.15) is 0 Å². The van der Waals surface area contributed by atoms with Crippen LogP contribution >= 0.6 is 27.5 Å². The molecule has 0 amide bonds. The normalized spacial score (nSPS) is 16.6. The lowest BCUT2D eigenvalue weighted by Crippen LogP contribution is -1.98. The summed E-state index contributed by atoms with van der Waals surface area (Å²) in [5, 5.41) is 1.86. The molecule has 0 bridgehead atoms. The molecule has 3 rings (SSSR count). The molecule has 1 aliphatic rings. The van der Waals surface area contributed by atoms with E-state index in [2.05, 4.69) is 41.1 Å². The number of aryl methyl sites for hydroxylation is 1. The van der Waals surface area contributed by atoms with Gasteiger partial charge in [0, 0.05) is 21.5 Å². The van der Waals surface area contributed by atoms with Crippen LogP contribution < -0.4 is 0 Å². The largest absolute Gasteiger partial charge is 0.251 e. The number of hydrogen-bond acceptors (Lipinski definition) is 1. The molecular formula is C15H15BrClN. The summed E-state index contributed by atoms with van der Waals surface area (Å²) in [5.41, 5.74) is 3.37. The number of hydrogen-bond donors (Lipinski definition) is 0. The summed E-state index contributed by atoms with van der Waals surface area (Å²) < 4.78 is 1.07. The van der Waals surface area contributed by atoms with Crippen molar-refractivity contribution in [3.8, 4) is 0 Å². The van der Waals surface area contributed by atoms with Gasteiger partial charge in [-0.05, 0) is 47.3 Å². The van der Waals surface area contributed by atoms with E-state index in [1.54, 1.807) is 0 Å². The molecule has 1 aliphatic carbocycles. The molecule has 1 heterocycles. The van der Waals surface area contributed by atoms with E-state index in [4.69, 9.17) is 16.6 Å². The highest BCUT2D eigenvalue weighted by atomic mass is 79.9. The quantitative estimate of drug-likeness (QED) is 0.663. The first kappa shape index (κ1) is 12.4. The molecule has 1 aromatic carbocycles. The molecule has 1 nitrogen and oxygen atoms in total. The Labute approximate surface area is 121 Å². The van der Waals surface area contributed by atoms with E-state index in [1.807, 2.05) is 0 Å². The van der Waals surface area contributed by atoms with Crippen molar-refractivity contribution < 1.29 is 0 Å². The Hall–Kier alpha value is -0.600. The zero-order chi connectivity index (χ0) is 12.7. The van der Waals surface area contributed by atoms with Gasteiger partial charge in [-0.15, -0.1) is 0 Å². The molecule has 0 radical (unpaired) electrons. The van der Waals surface area contributed by atoms with Gasteiger partial charge in [-0.2, -0.15) is 0 Å². The summed E-state index contributed by atoms with van der Waals surface area (Å²) in [6, 6.07) is 6.19. The minimum atomic E-state index is 0.597. The van der Waals surface area contributed by atoms with Gasteiger partial charge in [0.25, 0.3) is 0 Å². The van der Waals surface area contributed by atoms with Crippen LogP contribution in [0.2, 0.25) is 5.02 Å². The van der Waals surface area contributed by atoms with Crippen molar-refractivity contribution in [2.45, 2.75) is 38.5 Å². The highest BCUT2D eigenvalue weighted by molar-refractivity contribution is 9.10. The number of aromatic nitrogens is 1. The fourth-order valence-electron chi connectivity index (χ4n) is 2.77. The number of pyridine rings is 1. The van der Waals surface area contributed by atoms with Crippen LogP contribution in [0.5, 0.6) is 0 Å². The van der Waals surface area contributed by atoms with Gasteiger partial charge in [-0.1, -0.05) is 36.6 Å². The lowest BCUT2D eigenvalue weighted by molar-refractivity contribution is 0.701. The molecule has 1 saturated carbocycles. The molecule has 0 atom stereocenters. The zero-order valence-electron chi connectivity index (χ0n) is 10.3. The van der Waals surface area contributed by atoms with Crippen molar-refractivity contribution in [1.29, 1.82) is 0 Å². The van der Waals surface area contributed by atoms with Crippen LogP contribution in [0, 0.1) is 6.92 Å². The average Bonchev–Trinajstić information content (AvgIpc) is 2.88. The summed E-state index contributed by atoms with van der Waals surface area (Å²) >= 11 is 10.0. The number of nitrogens with zero attached hydrogens (tertiary/aromatic N) is 1. The molecule has 0 aliphatic heterocycles. The van der Waals surface area contributed by atoms with Crippen molar-refractivity contribution in [3.05, 3.63) is 39.0 Å². The van der Waals surface area contributed by atoms with E-state index >= 15 is 0 Å². The SMILES string of the molecule is Cc1ccc2c(Cl)cc(C3CCCC3)nc2c1Br. The van der Waals surface area contributed by atoms with Crippen molar-refractivity contribution in [2.75, 3.05) is 0 Å². The lowest BCUT2D eigenvalue weighted by Gasteiger charge is -2.12. The van der Waals surface area contributed by atoms with Gasteiger partial charge in [-0.25, -0.2) is 0 Å². The topological polar surface area (TPSA) is 12.9 Å². The third kappa shape index (κ3) is 2.06. The third-order valence-electron chi connectivity index (χ3n) is 3.86. The van der Waals surface area contributed by atoms with Gasteiger partial charge >= 0.3 is 0 Å². The van der Waals surface area contributed by atoms with Crippen LogP contribution in [0.4, 0.5) is 0 Å². The summed E-state index contributed by atoms with van der Waals surface area (Å²) in [7, 11) is 0. The Kier molecular flexibility index (Phi) is 3.33. The van der Waals surface area contributed by atoms with Crippen molar-refractivity contribution >= 4 is 38.4 Å². The second-order valence-corrected chi connectivity index (χ2v) is 6.30. The first-order chi connectivity index (χ1) is 8.66. The molecule has 1 fully saturated rings. The highest BCUT2D eigenvalue weighted by Crippen LogP contribution is 2.37. The Morgan fingerprint density at radius 3 is 2.72 bits per heavy atom. The summed E-state index contributed by atoms with van der Waals surface area (Å²) in [5.74, 6) is 0.597. The number of fused-ring (bicyclic) bond motifs is 1. The summed E-state index contributed by atoms with van der Waals surface area (Å²) in [4.78, 5) is 4.85. The van der Waals surface area contributed by atoms with Gasteiger partial charge < -0.3 is 0 Å². The minimum Gasteiger partial charge on any atom is -0.251 e. The smallest absolute Gasteiger partial charge is 0.0865 e. The van der Waals surface area contributed by atoms with Gasteiger partial charge in [0.15, 0.2) is 0 Å². The monoisotopic (exact) mass is 323 g/mol. The maximum absolute atomic E-state index is 6.40. The first-order valence-corrected chi connectivity index (χ1v) is 7.59. The molecule has 3 heteroatoms. The van der Waals surface area contributed by atoms with E-state index in [0.717, 1.165) is 26.1 Å². The van der Waals surface area contributed by atoms with E-state index in [1.165, 1.54) is 31.2 Å². The van der Waals surface area contributed by atoms with Crippen LogP contribution in [0.1, 0.15) is 42.9 Å². The van der Waals surface area contributed by atoms with E-state index in [-0.39, 0.29) is 0 Å². The lowest BCUT2D eigenvalue weighted by atomic mass is 10.0. The maximum Gasteiger partial charge on any atom is 0.0865 e. The van der Waals surface area contributed by atoms with Gasteiger partial charge in [0.2, 0.25) is 0 Å². The molecule has 0 saturated heterocycles. The van der Waals surface area contributed by atoms with Crippen LogP contribution in [0.3, 0.4) is 0 Å². The third-order valence-corrected chi connectivity index (χ3v) is 5.17. The van der Waals surface area contributed by atoms with Crippen LogP contribution in [-0.4, -0.2) is 4.98 Å². The summed E-state index contributed by atoms with van der Waals surface area (Å²) in [6.07, 6.45) is 5.13. The van der Waals surface area contributed by atoms with Crippen molar-refractivity contribution in [1.82, 2.24) is 4.98 Å². The maximum atomic E-state index is 6.40. The fraction of sp³-hybridized carbons (Fsp3) is 0.400. The molecule has 0 unspecified atom stereocenters. The molecular weight excluding hydrogens is 310 g/mol. The predicted molar refractivity (Wildman–Crippen MR) is 80.4 cm³/mol. The fourth-order valence-corrected chi connectivity index (χ4v) is 3.47. The van der Waals surface area contributed by atoms with E-state index in [9.17, 15) is 0 Å². The zero-order valence-corrected chi connectivity index (χ0v) is 12.7. The Morgan fingerprint density at radius 2 is 2.00 bits per heavy atom. The molecule has 0 spiro atoms. The minimum absolute atomic E-state index is 0.597. The molecule has 94 valence electrons. The second-order valence-electron chi connectivity index (χ2n) is 5.10. The first-order valence-electron chi connectivity index (χ1n) is 6.42. The Morgan fingerprint density at radius 1 is 1.28 bits per heavy atom. The average molecular weight is 325 g/mol. The highest BCUT2D eigenvalue weighted by Gasteiger charge is 2.20. The number of benzene rings is 1. The molecule has 2 aromatic rings. The van der Waals surface area contributed by atoms with Crippen LogP contribution in [0.25, 0.3) is 10.9 Å². The molecule has 0 N–H and O–H groups in total. The second kappa shape index (κ2) is 4.82. The predicted octanol–water partition coefficient (Wildman–Crippen LogP) is 5.62. The molecule has 18 heavy (non-hydrogen) atoms. The standard InChI is InChI=1S/C15H15BrClN/c1-9-6-7-11-12(17)8-13(10-4-2-3-5-10)18-15(11)14(9)16/h6-8,10H,2-5H2,1H3. The van der Waals surface area contributed by atoms with E-state index < -0.39 is 0 Å². The van der Waals surface area contributed by atoms with E-state index in [0.29, 0.717) is 5.92 Å². The van der Waals surface area contributed by atoms with Crippen LogP contribution in [-0.2, 0) is 0 Å². The van der Waals surface area contributed by atoms with Crippen molar-refractivity contribution in [3.63, 3.8) is 0 Å². The van der Waals surface area contributed by atoms with Crippen LogP contribution in [0.15, 0.2) is 22.7 Å². The van der Waals surface area contributed by atoms with Gasteiger partial charge in [0.05, 0.1) is 10.5 Å².